The number of hydrogen-bond donors (Lipinski definition) is 1. The van der Waals surface area contributed by atoms with Crippen LogP contribution in [0.15, 0.2) is 18.2 Å². The van der Waals surface area contributed by atoms with Crippen molar-refractivity contribution in [2.75, 3.05) is 5.73 Å². The predicted molar refractivity (Wildman–Crippen MR) is 56.0 cm³/mol. The monoisotopic (exact) mass is 190 g/mol. The van der Waals surface area contributed by atoms with Gasteiger partial charge in [-0.05, 0) is 25.0 Å². The summed E-state index contributed by atoms with van der Waals surface area (Å²) in [6.07, 6.45) is 2.61. The average Bonchev–Trinajstić information content (AvgIpc) is 2.87. The summed E-state index contributed by atoms with van der Waals surface area (Å²) >= 11 is 1.76. The number of fused-ring (bicyclic) bond motifs is 1. The third kappa shape index (κ3) is 1.11. The maximum atomic E-state index is 5.86. The summed E-state index contributed by atoms with van der Waals surface area (Å²) in [5, 5.41) is 1.27. The fourth-order valence-corrected chi connectivity index (χ4v) is 2.65. The SMILES string of the molecule is Nc1cccc2nc(C3CC3)sc12. The molecule has 0 bridgehead atoms. The third-order valence-corrected chi connectivity index (χ3v) is 3.67. The second kappa shape index (κ2) is 2.45. The zero-order chi connectivity index (χ0) is 8.84. The van der Waals surface area contributed by atoms with Crippen molar-refractivity contribution in [1.82, 2.24) is 4.98 Å². The zero-order valence-electron chi connectivity index (χ0n) is 7.16. The van der Waals surface area contributed by atoms with E-state index in [9.17, 15) is 0 Å². The molecule has 3 heteroatoms. The Kier molecular flexibility index (Phi) is 1.38. The van der Waals surface area contributed by atoms with Gasteiger partial charge in [-0.15, -0.1) is 11.3 Å². The Balaban J connectivity index is 2.26. The minimum absolute atomic E-state index is 0.733. The quantitative estimate of drug-likeness (QED) is 0.702. The molecule has 2 nitrogen and oxygen atoms in total. The Hall–Kier alpha value is -1.09. The third-order valence-electron chi connectivity index (χ3n) is 2.39. The van der Waals surface area contributed by atoms with Crippen molar-refractivity contribution in [3.05, 3.63) is 23.2 Å². The lowest BCUT2D eigenvalue weighted by Gasteiger charge is -1.90. The lowest BCUT2D eigenvalue weighted by Crippen LogP contribution is -1.82. The van der Waals surface area contributed by atoms with E-state index in [1.54, 1.807) is 11.3 Å². The van der Waals surface area contributed by atoms with Crippen LogP contribution in [-0.2, 0) is 0 Å². The number of aromatic nitrogens is 1. The lowest BCUT2D eigenvalue weighted by atomic mass is 10.3. The van der Waals surface area contributed by atoms with Crippen LogP contribution in [0.5, 0.6) is 0 Å². The van der Waals surface area contributed by atoms with Gasteiger partial charge in [0, 0.05) is 5.92 Å². The number of nitrogen functional groups attached to an aromatic ring is 1. The first-order chi connectivity index (χ1) is 6.34. The molecule has 13 heavy (non-hydrogen) atoms. The van der Waals surface area contributed by atoms with Crippen LogP contribution in [0.2, 0.25) is 0 Å². The number of nitrogens with two attached hydrogens (primary N) is 1. The fraction of sp³-hybridized carbons (Fsp3) is 0.300. The maximum absolute atomic E-state index is 5.86. The molecule has 0 atom stereocenters. The molecule has 1 aromatic heterocycles. The molecule has 1 heterocycles. The van der Waals surface area contributed by atoms with Crippen molar-refractivity contribution in [3.8, 4) is 0 Å². The normalized spacial score (nSPS) is 16.6. The van der Waals surface area contributed by atoms with Gasteiger partial charge in [0.15, 0.2) is 0 Å². The molecule has 2 aromatic rings. The molecule has 66 valence electrons. The van der Waals surface area contributed by atoms with E-state index in [0.29, 0.717) is 0 Å². The first kappa shape index (κ1) is 7.33. The number of benzene rings is 1. The van der Waals surface area contributed by atoms with E-state index in [2.05, 4.69) is 4.98 Å². The van der Waals surface area contributed by atoms with Gasteiger partial charge in [-0.2, -0.15) is 0 Å². The van der Waals surface area contributed by atoms with Crippen molar-refractivity contribution in [2.45, 2.75) is 18.8 Å². The molecule has 1 aliphatic carbocycles. The summed E-state index contributed by atoms with van der Waals surface area (Å²) in [4.78, 5) is 4.57. The summed E-state index contributed by atoms with van der Waals surface area (Å²) in [6.45, 7) is 0. The van der Waals surface area contributed by atoms with Crippen molar-refractivity contribution in [1.29, 1.82) is 0 Å². The second-order valence-corrected chi connectivity index (χ2v) is 4.55. The zero-order valence-corrected chi connectivity index (χ0v) is 7.97. The second-order valence-electron chi connectivity index (χ2n) is 3.52. The molecular weight excluding hydrogens is 180 g/mol. The topological polar surface area (TPSA) is 38.9 Å². The molecule has 0 spiro atoms. The van der Waals surface area contributed by atoms with Gasteiger partial charge in [0.2, 0.25) is 0 Å². The van der Waals surface area contributed by atoms with Crippen LogP contribution in [0.1, 0.15) is 23.8 Å². The van der Waals surface area contributed by atoms with Crippen LogP contribution in [0.4, 0.5) is 5.69 Å². The first-order valence-corrected chi connectivity index (χ1v) is 5.31. The molecule has 0 saturated heterocycles. The number of thiazole rings is 1. The Morgan fingerprint density at radius 3 is 2.92 bits per heavy atom. The van der Waals surface area contributed by atoms with Crippen LogP contribution < -0.4 is 5.73 Å². The van der Waals surface area contributed by atoms with Crippen molar-refractivity contribution >= 4 is 27.2 Å². The van der Waals surface area contributed by atoms with Gasteiger partial charge in [0.25, 0.3) is 0 Å². The Bertz CT molecular complexity index is 457. The number of nitrogens with zero attached hydrogens (tertiary/aromatic N) is 1. The highest BCUT2D eigenvalue weighted by Gasteiger charge is 2.27. The van der Waals surface area contributed by atoms with Crippen molar-refractivity contribution < 1.29 is 0 Å². The van der Waals surface area contributed by atoms with Gasteiger partial charge in [0.1, 0.15) is 0 Å². The van der Waals surface area contributed by atoms with E-state index in [4.69, 9.17) is 5.73 Å². The summed E-state index contributed by atoms with van der Waals surface area (Å²) in [7, 11) is 0. The van der Waals surface area contributed by atoms with Gasteiger partial charge in [-0.25, -0.2) is 4.98 Å². The number of anilines is 1. The fourth-order valence-electron chi connectivity index (χ4n) is 1.49. The summed E-state index contributed by atoms with van der Waals surface area (Å²) in [6, 6.07) is 5.94. The van der Waals surface area contributed by atoms with E-state index >= 15 is 0 Å². The first-order valence-electron chi connectivity index (χ1n) is 4.49. The standard InChI is InChI=1S/C10H10N2S/c11-7-2-1-3-8-9(7)13-10(12-8)6-4-5-6/h1-3,6H,4-5,11H2. The van der Waals surface area contributed by atoms with E-state index in [1.165, 1.54) is 17.8 Å². The summed E-state index contributed by atoms with van der Waals surface area (Å²) in [5.41, 5.74) is 7.79. The van der Waals surface area contributed by atoms with Crippen LogP contribution in [-0.4, -0.2) is 4.98 Å². The van der Waals surface area contributed by atoms with Crippen LogP contribution >= 0.6 is 11.3 Å². The molecule has 3 rings (SSSR count). The van der Waals surface area contributed by atoms with Crippen molar-refractivity contribution in [3.63, 3.8) is 0 Å². The van der Waals surface area contributed by atoms with Gasteiger partial charge in [-0.3, -0.25) is 0 Å². The highest BCUT2D eigenvalue weighted by atomic mass is 32.1. The van der Waals surface area contributed by atoms with E-state index < -0.39 is 0 Å². The summed E-state index contributed by atoms with van der Waals surface area (Å²) < 4.78 is 1.16. The lowest BCUT2D eigenvalue weighted by molar-refractivity contribution is 1.10. The molecule has 1 aromatic carbocycles. The van der Waals surface area contributed by atoms with Gasteiger partial charge < -0.3 is 5.73 Å². The van der Waals surface area contributed by atoms with Gasteiger partial charge >= 0.3 is 0 Å². The Morgan fingerprint density at radius 2 is 2.23 bits per heavy atom. The Labute approximate surface area is 80.4 Å². The molecule has 1 saturated carbocycles. The number of rotatable bonds is 1. The van der Waals surface area contributed by atoms with Gasteiger partial charge in [0.05, 0.1) is 20.9 Å². The minimum Gasteiger partial charge on any atom is -0.398 e. The smallest absolute Gasteiger partial charge is 0.0970 e. The maximum Gasteiger partial charge on any atom is 0.0970 e. The summed E-state index contributed by atoms with van der Waals surface area (Å²) in [5.74, 6) is 0.733. The van der Waals surface area contributed by atoms with Crippen molar-refractivity contribution in [2.24, 2.45) is 0 Å². The minimum atomic E-state index is 0.733. The number of hydrogen-bond acceptors (Lipinski definition) is 3. The molecular formula is C10H10N2S. The molecule has 0 amide bonds. The molecule has 1 aliphatic rings. The van der Waals surface area contributed by atoms with Crippen LogP contribution in [0.25, 0.3) is 10.2 Å². The van der Waals surface area contributed by atoms with E-state index in [-0.39, 0.29) is 0 Å². The van der Waals surface area contributed by atoms with E-state index in [1.807, 2.05) is 18.2 Å². The average molecular weight is 190 g/mol. The molecule has 0 unspecified atom stereocenters. The predicted octanol–water partition coefficient (Wildman–Crippen LogP) is 2.76. The molecule has 0 aliphatic heterocycles. The van der Waals surface area contributed by atoms with Gasteiger partial charge in [-0.1, -0.05) is 6.07 Å². The molecule has 0 radical (unpaired) electrons. The van der Waals surface area contributed by atoms with Crippen LogP contribution in [0.3, 0.4) is 0 Å². The molecule has 1 fully saturated rings. The Morgan fingerprint density at radius 1 is 1.38 bits per heavy atom. The highest BCUT2D eigenvalue weighted by Crippen LogP contribution is 2.43. The van der Waals surface area contributed by atoms with Crippen LogP contribution in [0, 0.1) is 0 Å². The molecule has 2 N–H and O–H groups in total. The largest absolute Gasteiger partial charge is 0.398 e. The highest BCUT2D eigenvalue weighted by molar-refractivity contribution is 7.19. The van der Waals surface area contributed by atoms with E-state index in [0.717, 1.165) is 21.8 Å².